The maximum Gasteiger partial charge on any atom is 0.304 e. The van der Waals surface area contributed by atoms with Crippen molar-refractivity contribution in [2.75, 3.05) is 13.1 Å². The van der Waals surface area contributed by atoms with E-state index in [1.807, 2.05) is 13.8 Å². The first kappa shape index (κ1) is 22.7. The molecule has 4 heteroatoms. The zero-order valence-electron chi connectivity index (χ0n) is 15.9. The number of carboxylic acid groups (broad SMARTS) is 1. The molecule has 0 rings (SSSR count). The Labute approximate surface area is 148 Å². The first-order chi connectivity index (χ1) is 11.6. The number of carbonyl (C=O) groups is 2. The van der Waals surface area contributed by atoms with E-state index >= 15 is 0 Å². The van der Waals surface area contributed by atoms with E-state index in [1.165, 1.54) is 25.7 Å². The Bertz CT molecular complexity index is 362. The van der Waals surface area contributed by atoms with Crippen LogP contribution in [-0.2, 0) is 9.59 Å². The maximum atomic E-state index is 12.4. The molecule has 140 valence electrons. The van der Waals surface area contributed by atoms with Gasteiger partial charge in [0.25, 0.3) is 0 Å². The Morgan fingerprint density at radius 3 is 2.00 bits per heavy atom. The highest BCUT2D eigenvalue weighted by molar-refractivity contribution is 5.83. The summed E-state index contributed by atoms with van der Waals surface area (Å²) in [6.07, 6.45) is 14.4. The first-order valence-electron chi connectivity index (χ1n) is 9.72. The Morgan fingerprint density at radius 1 is 0.917 bits per heavy atom. The molecule has 0 fully saturated rings. The minimum atomic E-state index is -0.882. The molecule has 1 unspecified atom stereocenters. The third kappa shape index (κ3) is 11.3. The van der Waals surface area contributed by atoms with Crippen molar-refractivity contribution in [1.82, 2.24) is 4.90 Å². The molecule has 0 aromatic carbocycles. The second-order valence-corrected chi connectivity index (χ2v) is 6.41. The van der Waals surface area contributed by atoms with E-state index in [1.54, 1.807) is 4.90 Å². The first-order valence-corrected chi connectivity index (χ1v) is 9.72. The second kappa shape index (κ2) is 15.2. The second-order valence-electron chi connectivity index (χ2n) is 6.41. The fourth-order valence-electron chi connectivity index (χ4n) is 2.89. The van der Waals surface area contributed by atoms with E-state index < -0.39 is 5.97 Å². The lowest BCUT2D eigenvalue weighted by molar-refractivity contribution is -0.144. The summed E-state index contributed by atoms with van der Waals surface area (Å²) >= 11 is 0. The van der Waals surface area contributed by atoms with Gasteiger partial charge in [0.15, 0.2) is 0 Å². The van der Waals surface area contributed by atoms with Crippen LogP contribution in [0.5, 0.6) is 0 Å². The Hall–Kier alpha value is -1.32. The van der Waals surface area contributed by atoms with Crippen LogP contribution in [0.25, 0.3) is 0 Å². The van der Waals surface area contributed by atoms with Gasteiger partial charge < -0.3 is 10.0 Å². The molecule has 1 N–H and O–H groups in total. The number of nitrogens with zero attached hydrogens (tertiary/aromatic N) is 1. The molecule has 0 bridgehead atoms. The quantitative estimate of drug-likeness (QED) is 0.336. The van der Waals surface area contributed by atoms with Crippen LogP contribution >= 0.6 is 0 Å². The van der Waals surface area contributed by atoms with Gasteiger partial charge in [0, 0.05) is 19.0 Å². The van der Waals surface area contributed by atoms with Crippen LogP contribution in [0.15, 0.2) is 12.2 Å². The summed E-state index contributed by atoms with van der Waals surface area (Å²) in [7, 11) is 0. The van der Waals surface area contributed by atoms with E-state index in [2.05, 4.69) is 19.1 Å². The van der Waals surface area contributed by atoms with Gasteiger partial charge in [-0.3, -0.25) is 9.59 Å². The molecule has 0 aliphatic carbocycles. The van der Waals surface area contributed by atoms with Gasteiger partial charge >= 0.3 is 5.97 Å². The molecule has 0 aliphatic rings. The van der Waals surface area contributed by atoms with Crippen LogP contribution in [0.1, 0.15) is 85.0 Å². The number of hydrogen-bond acceptors (Lipinski definition) is 2. The van der Waals surface area contributed by atoms with Crippen molar-refractivity contribution in [2.45, 2.75) is 85.0 Å². The summed E-state index contributed by atoms with van der Waals surface area (Å²) in [5.74, 6) is -1.26. The van der Waals surface area contributed by atoms with Crippen LogP contribution < -0.4 is 0 Å². The molecular formula is C20H37NO3. The highest BCUT2D eigenvalue weighted by Crippen LogP contribution is 2.17. The summed E-state index contributed by atoms with van der Waals surface area (Å²) in [6.45, 7) is 7.38. The summed E-state index contributed by atoms with van der Waals surface area (Å²) in [5, 5.41) is 9.04. The molecule has 1 atom stereocenters. The largest absolute Gasteiger partial charge is 0.481 e. The van der Waals surface area contributed by atoms with E-state index in [9.17, 15) is 9.59 Å². The van der Waals surface area contributed by atoms with Gasteiger partial charge in [0.1, 0.15) is 0 Å². The van der Waals surface area contributed by atoms with Crippen molar-refractivity contribution in [2.24, 2.45) is 5.92 Å². The Kier molecular flexibility index (Phi) is 14.4. The van der Waals surface area contributed by atoms with E-state index in [4.69, 9.17) is 5.11 Å². The molecule has 24 heavy (non-hydrogen) atoms. The van der Waals surface area contributed by atoms with E-state index in [0.29, 0.717) is 19.5 Å². The molecule has 0 saturated heterocycles. The molecule has 0 radical (unpaired) electrons. The minimum absolute atomic E-state index is 0.00568. The van der Waals surface area contributed by atoms with Crippen LogP contribution in [0.4, 0.5) is 0 Å². The van der Waals surface area contributed by atoms with Crippen molar-refractivity contribution < 1.29 is 14.7 Å². The van der Waals surface area contributed by atoms with Crippen LogP contribution in [0.2, 0.25) is 0 Å². The van der Waals surface area contributed by atoms with E-state index in [-0.39, 0.29) is 18.2 Å². The predicted molar refractivity (Wildman–Crippen MR) is 100 cm³/mol. The lowest BCUT2D eigenvalue weighted by atomic mass is 9.96. The van der Waals surface area contributed by atoms with Crippen molar-refractivity contribution in [3.63, 3.8) is 0 Å². The number of carbonyl (C=O) groups excluding carboxylic acids is 1. The zero-order valence-corrected chi connectivity index (χ0v) is 15.9. The van der Waals surface area contributed by atoms with Gasteiger partial charge in [-0.2, -0.15) is 0 Å². The molecule has 0 saturated carbocycles. The minimum Gasteiger partial charge on any atom is -0.481 e. The van der Waals surface area contributed by atoms with Gasteiger partial charge in [-0.05, 0) is 46.0 Å². The molecule has 4 nitrogen and oxygen atoms in total. The van der Waals surface area contributed by atoms with E-state index in [0.717, 1.165) is 25.7 Å². The third-order valence-corrected chi connectivity index (χ3v) is 4.41. The smallest absolute Gasteiger partial charge is 0.304 e. The fourth-order valence-corrected chi connectivity index (χ4v) is 2.89. The molecule has 0 aliphatic heterocycles. The van der Waals surface area contributed by atoms with Crippen molar-refractivity contribution in [3.05, 3.63) is 12.2 Å². The van der Waals surface area contributed by atoms with Gasteiger partial charge in [-0.25, -0.2) is 0 Å². The summed E-state index contributed by atoms with van der Waals surface area (Å²) in [5.41, 5.74) is 0. The summed E-state index contributed by atoms with van der Waals surface area (Å²) in [4.78, 5) is 25.1. The molecular weight excluding hydrogens is 302 g/mol. The van der Waals surface area contributed by atoms with Gasteiger partial charge in [0.05, 0.1) is 6.42 Å². The lowest BCUT2D eigenvalue weighted by Gasteiger charge is -2.24. The van der Waals surface area contributed by atoms with Crippen molar-refractivity contribution in [1.29, 1.82) is 0 Å². The number of unbranched alkanes of at least 4 members (excludes halogenated alkanes) is 6. The number of rotatable bonds is 15. The average Bonchev–Trinajstić information content (AvgIpc) is 2.56. The highest BCUT2D eigenvalue weighted by atomic mass is 16.4. The topological polar surface area (TPSA) is 57.6 Å². The fraction of sp³-hybridized carbons (Fsp3) is 0.800. The summed E-state index contributed by atoms with van der Waals surface area (Å²) in [6, 6.07) is 0. The van der Waals surface area contributed by atoms with Gasteiger partial charge in [0.2, 0.25) is 5.91 Å². The standard InChI is InChI=1S/C20H37NO3/c1-4-7-8-9-10-11-12-13-14-15-16-18(17-19(22)23)20(24)21(5-2)6-3/h11-12,18H,4-10,13-17H2,1-3H3,(H,22,23)/b12-11+. The Balaban J connectivity index is 4.04. The van der Waals surface area contributed by atoms with Crippen LogP contribution in [0.3, 0.4) is 0 Å². The van der Waals surface area contributed by atoms with Gasteiger partial charge in [-0.15, -0.1) is 0 Å². The van der Waals surface area contributed by atoms with Crippen LogP contribution in [-0.4, -0.2) is 35.0 Å². The molecule has 0 heterocycles. The zero-order chi connectivity index (χ0) is 18.2. The average molecular weight is 340 g/mol. The summed E-state index contributed by atoms with van der Waals surface area (Å²) < 4.78 is 0. The number of carboxylic acids is 1. The molecule has 0 aromatic rings. The number of allylic oxidation sites excluding steroid dienone is 2. The Morgan fingerprint density at radius 2 is 1.50 bits per heavy atom. The molecule has 0 spiro atoms. The third-order valence-electron chi connectivity index (χ3n) is 4.41. The number of aliphatic carboxylic acids is 1. The predicted octanol–water partition coefficient (Wildman–Crippen LogP) is 5.03. The number of amides is 1. The SMILES string of the molecule is CCCCCC/C=C/CCCCC(CC(=O)O)C(=O)N(CC)CC. The molecule has 1 amide bonds. The van der Waals surface area contributed by atoms with Gasteiger partial charge in [-0.1, -0.05) is 44.8 Å². The number of hydrogen-bond donors (Lipinski definition) is 1. The van der Waals surface area contributed by atoms with Crippen molar-refractivity contribution in [3.8, 4) is 0 Å². The highest BCUT2D eigenvalue weighted by Gasteiger charge is 2.24. The van der Waals surface area contributed by atoms with Crippen LogP contribution in [0, 0.1) is 5.92 Å². The monoisotopic (exact) mass is 339 g/mol. The lowest BCUT2D eigenvalue weighted by Crippen LogP contribution is -2.36. The normalized spacial score (nSPS) is 12.5. The maximum absolute atomic E-state index is 12.4. The van der Waals surface area contributed by atoms with Crippen molar-refractivity contribution >= 4 is 11.9 Å². The molecule has 0 aromatic heterocycles.